The first-order valence-electron chi connectivity index (χ1n) is 9.67. The van der Waals surface area contributed by atoms with E-state index in [0.717, 1.165) is 51.8 Å². The number of ether oxygens (including phenoxy) is 2. The highest BCUT2D eigenvalue weighted by Gasteiger charge is 2.24. The van der Waals surface area contributed by atoms with Crippen molar-refractivity contribution in [1.29, 1.82) is 0 Å². The van der Waals surface area contributed by atoms with E-state index in [2.05, 4.69) is 37.8 Å². The van der Waals surface area contributed by atoms with Gasteiger partial charge in [-0.15, -0.1) is 0 Å². The van der Waals surface area contributed by atoms with E-state index in [4.69, 9.17) is 9.47 Å². The second-order valence-corrected chi connectivity index (χ2v) is 7.21. The number of hydrogen-bond acceptors (Lipinski definition) is 5. The van der Waals surface area contributed by atoms with Gasteiger partial charge in [0.25, 0.3) is 0 Å². The Balaban J connectivity index is 1.64. The molecule has 1 N–H and O–H groups in total. The molecule has 0 amide bonds. The zero-order chi connectivity index (χ0) is 19.8. The number of benzene rings is 1. The van der Waals surface area contributed by atoms with Crippen molar-refractivity contribution in [2.45, 2.75) is 6.23 Å². The minimum absolute atomic E-state index is 0.157. The Labute approximate surface area is 167 Å². The van der Waals surface area contributed by atoms with Gasteiger partial charge >= 0.3 is 0 Å². The van der Waals surface area contributed by atoms with Crippen LogP contribution in [-0.4, -0.2) is 59.1 Å². The maximum absolute atomic E-state index is 11.0. The molecule has 0 aliphatic carbocycles. The van der Waals surface area contributed by atoms with Gasteiger partial charge in [-0.1, -0.05) is 0 Å². The highest BCUT2D eigenvalue weighted by Crippen LogP contribution is 2.36. The van der Waals surface area contributed by atoms with Gasteiger partial charge in [0.2, 0.25) is 0 Å². The van der Waals surface area contributed by atoms with E-state index in [0.29, 0.717) is 19.7 Å². The number of methoxy groups -OCH3 is 1. The normalized spacial score (nSPS) is 17.8. The number of morpholine rings is 1. The fourth-order valence-electron chi connectivity index (χ4n) is 4.04. The molecule has 148 valence electrons. The van der Waals surface area contributed by atoms with Crippen molar-refractivity contribution in [2.75, 3.05) is 33.4 Å². The molecule has 1 atom stereocenters. The highest BCUT2D eigenvalue weighted by molar-refractivity contribution is 5.98. The maximum atomic E-state index is 11.0. The van der Waals surface area contributed by atoms with Crippen molar-refractivity contribution >= 4 is 28.2 Å². The molecule has 1 aliphatic heterocycles. The average molecular weight is 390 g/mol. The van der Waals surface area contributed by atoms with Gasteiger partial charge in [-0.3, -0.25) is 4.90 Å². The molecule has 7 heteroatoms. The van der Waals surface area contributed by atoms with Gasteiger partial charge < -0.3 is 23.8 Å². The number of aldehydes is 1. The minimum Gasteiger partial charge on any atom is -0.497 e. The number of nitrogens with zero attached hydrogens (tertiary/aromatic N) is 3. The number of rotatable bonds is 5. The molecule has 0 spiro atoms. The van der Waals surface area contributed by atoms with Crippen LogP contribution in [0.1, 0.15) is 6.23 Å². The van der Waals surface area contributed by atoms with E-state index >= 15 is 0 Å². The van der Waals surface area contributed by atoms with Crippen LogP contribution in [0.2, 0.25) is 0 Å². The fourth-order valence-corrected chi connectivity index (χ4v) is 4.04. The smallest absolute Gasteiger partial charge is 0.146 e. The molecular weight excluding hydrogens is 368 g/mol. The van der Waals surface area contributed by atoms with Gasteiger partial charge in [0.05, 0.1) is 25.8 Å². The molecule has 29 heavy (non-hydrogen) atoms. The summed E-state index contributed by atoms with van der Waals surface area (Å²) in [7, 11) is 1.67. The Morgan fingerprint density at radius 2 is 2.28 bits per heavy atom. The summed E-state index contributed by atoms with van der Waals surface area (Å²) in [5, 5.41) is 2.14. The third-order valence-electron chi connectivity index (χ3n) is 5.50. The number of aromatic nitrogens is 3. The van der Waals surface area contributed by atoms with Crippen LogP contribution >= 0.6 is 0 Å². The summed E-state index contributed by atoms with van der Waals surface area (Å²) in [5.74, 6) is 0.804. The summed E-state index contributed by atoms with van der Waals surface area (Å²) in [6, 6.07) is 12.2. The number of nitrogens with one attached hydrogen (secondary N) is 1. The lowest BCUT2D eigenvalue weighted by molar-refractivity contribution is -0.112. The third-order valence-corrected chi connectivity index (χ3v) is 5.50. The molecule has 1 aromatic carbocycles. The van der Waals surface area contributed by atoms with Crippen LogP contribution in [0.15, 0.2) is 48.8 Å². The zero-order valence-corrected chi connectivity index (χ0v) is 16.2. The number of carbonyl (C=O) groups excluding carboxylic acids is 1. The summed E-state index contributed by atoms with van der Waals surface area (Å²) in [6.45, 7) is 2.46. The lowest BCUT2D eigenvalue weighted by atomic mass is 10.1. The van der Waals surface area contributed by atoms with Crippen molar-refractivity contribution in [3.8, 4) is 17.0 Å². The van der Waals surface area contributed by atoms with Gasteiger partial charge in [-0.25, -0.2) is 4.98 Å². The molecule has 5 rings (SSSR count). The van der Waals surface area contributed by atoms with Crippen LogP contribution in [-0.2, 0) is 9.53 Å². The third kappa shape index (κ3) is 3.18. The van der Waals surface area contributed by atoms with E-state index in [-0.39, 0.29) is 6.23 Å². The monoisotopic (exact) mass is 390 g/mol. The first kappa shape index (κ1) is 17.9. The Morgan fingerprint density at radius 1 is 1.34 bits per heavy atom. The number of aromatic amines is 1. The van der Waals surface area contributed by atoms with Crippen molar-refractivity contribution in [3.05, 3.63) is 48.8 Å². The van der Waals surface area contributed by atoms with E-state index < -0.39 is 0 Å². The molecule has 7 nitrogen and oxygen atoms in total. The first-order chi connectivity index (χ1) is 14.3. The van der Waals surface area contributed by atoms with Crippen LogP contribution in [0.25, 0.3) is 33.2 Å². The predicted octanol–water partition coefficient (Wildman–Crippen LogP) is 3.22. The summed E-state index contributed by atoms with van der Waals surface area (Å²) >= 11 is 0. The standard InChI is InChI=1S/C22H22N4O3/c1-28-16-4-5-20-17(12-16)18(19-11-15-3-2-6-23-22(15)24-19)13-26(20)21-14-25(7-9-27)8-10-29-21/h2-6,9,11-13,21H,7-8,10,14H2,1H3,(H,23,24). The predicted molar refractivity (Wildman–Crippen MR) is 111 cm³/mol. The largest absolute Gasteiger partial charge is 0.497 e. The Bertz CT molecular complexity index is 1150. The molecule has 1 fully saturated rings. The lowest BCUT2D eigenvalue weighted by Crippen LogP contribution is -2.41. The number of fused-ring (bicyclic) bond motifs is 2. The molecule has 4 aromatic rings. The van der Waals surface area contributed by atoms with Gasteiger partial charge in [-0.2, -0.15) is 0 Å². The van der Waals surface area contributed by atoms with Crippen LogP contribution in [0.4, 0.5) is 0 Å². The quantitative estimate of drug-likeness (QED) is 0.530. The Morgan fingerprint density at radius 3 is 3.10 bits per heavy atom. The lowest BCUT2D eigenvalue weighted by Gasteiger charge is -2.32. The van der Waals surface area contributed by atoms with Gasteiger partial charge in [-0.05, 0) is 36.4 Å². The van der Waals surface area contributed by atoms with Gasteiger partial charge in [0.1, 0.15) is 23.9 Å². The fraction of sp³-hybridized carbons (Fsp3) is 0.273. The average Bonchev–Trinajstić information content (AvgIpc) is 3.35. The molecule has 1 aliphatic rings. The van der Waals surface area contributed by atoms with Crippen molar-refractivity contribution in [1.82, 2.24) is 19.4 Å². The summed E-state index contributed by atoms with van der Waals surface area (Å²) in [5.41, 5.74) is 3.98. The number of carbonyl (C=O) groups is 1. The van der Waals surface area contributed by atoms with Gasteiger partial charge in [0, 0.05) is 47.5 Å². The van der Waals surface area contributed by atoms with E-state index in [1.807, 2.05) is 24.3 Å². The van der Waals surface area contributed by atoms with Crippen LogP contribution < -0.4 is 4.74 Å². The molecule has 4 heterocycles. The molecule has 1 saturated heterocycles. The highest BCUT2D eigenvalue weighted by atomic mass is 16.5. The van der Waals surface area contributed by atoms with Crippen LogP contribution in [0, 0.1) is 0 Å². The number of hydrogen-bond donors (Lipinski definition) is 1. The topological polar surface area (TPSA) is 72.4 Å². The Kier molecular flexibility index (Phi) is 4.54. The number of H-pyrrole nitrogens is 1. The first-order valence-corrected chi connectivity index (χ1v) is 9.67. The van der Waals surface area contributed by atoms with E-state index in [1.165, 1.54) is 0 Å². The summed E-state index contributed by atoms with van der Waals surface area (Å²) in [4.78, 5) is 20.9. The minimum atomic E-state index is -0.157. The molecule has 1 unspecified atom stereocenters. The molecule has 0 bridgehead atoms. The second kappa shape index (κ2) is 7.35. The van der Waals surface area contributed by atoms with Crippen LogP contribution in [0.5, 0.6) is 5.75 Å². The number of pyridine rings is 1. The molecular formula is C22H22N4O3. The molecule has 3 aromatic heterocycles. The molecule has 0 radical (unpaired) electrons. The van der Waals surface area contributed by atoms with Gasteiger partial charge in [0.15, 0.2) is 0 Å². The van der Waals surface area contributed by atoms with Crippen LogP contribution in [0.3, 0.4) is 0 Å². The summed E-state index contributed by atoms with van der Waals surface area (Å²) < 4.78 is 13.7. The van der Waals surface area contributed by atoms with Crippen molar-refractivity contribution in [3.63, 3.8) is 0 Å². The SMILES string of the molecule is COc1ccc2c(c1)c(-c1cc3cccnc3[nH]1)cn2C1CN(CC=O)CCO1. The maximum Gasteiger partial charge on any atom is 0.146 e. The van der Waals surface area contributed by atoms with E-state index in [1.54, 1.807) is 13.3 Å². The van der Waals surface area contributed by atoms with Crippen molar-refractivity contribution in [2.24, 2.45) is 0 Å². The van der Waals surface area contributed by atoms with E-state index in [9.17, 15) is 4.79 Å². The summed E-state index contributed by atoms with van der Waals surface area (Å²) in [6.07, 6.45) is 4.69. The van der Waals surface area contributed by atoms with Crippen molar-refractivity contribution < 1.29 is 14.3 Å². The zero-order valence-electron chi connectivity index (χ0n) is 16.2. The molecule has 0 saturated carbocycles. The second-order valence-electron chi connectivity index (χ2n) is 7.21. The Hall–Kier alpha value is -3.16.